The zero-order chi connectivity index (χ0) is 13.9. The van der Waals surface area contributed by atoms with Crippen LogP contribution in [0.15, 0.2) is 28.7 Å². The van der Waals surface area contributed by atoms with Gasteiger partial charge in [-0.3, -0.25) is 4.79 Å². The predicted molar refractivity (Wildman–Crippen MR) is 77.6 cm³/mol. The molecule has 0 spiro atoms. The van der Waals surface area contributed by atoms with Crippen LogP contribution in [0.1, 0.15) is 18.9 Å². The molecule has 3 N–H and O–H groups in total. The van der Waals surface area contributed by atoms with Crippen molar-refractivity contribution in [3.63, 3.8) is 0 Å². The normalized spacial score (nSPS) is 21.9. The maximum absolute atomic E-state index is 12.2. The number of amides is 1. The number of hydrogen-bond donors (Lipinski definition) is 2. The van der Waals surface area contributed by atoms with Gasteiger partial charge in [-0.15, -0.1) is 0 Å². The summed E-state index contributed by atoms with van der Waals surface area (Å²) in [4.78, 5) is 12.2. The van der Waals surface area contributed by atoms with Crippen LogP contribution in [-0.4, -0.2) is 25.7 Å². The molecule has 1 amide bonds. The van der Waals surface area contributed by atoms with E-state index in [4.69, 9.17) is 10.5 Å². The number of carbonyl (C=O) groups is 1. The summed E-state index contributed by atoms with van der Waals surface area (Å²) in [6.45, 7) is 3.87. The van der Waals surface area contributed by atoms with Gasteiger partial charge in [0.25, 0.3) is 0 Å². The molecule has 2 unspecified atom stereocenters. The summed E-state index contributed by atoms with van der Waals surface area (Å²) in [5.74, 6) is 0.256. The lowest BCUT2D eigenvalue weighted by Gasteiger charge is -2.25. The first-order chi connectivity index (χ1) is 9.00. The van der Waals surface area contributed by atoms with E-state index >= 15 is 0 Å². The van der Waals surface area contributed by atoms with Crippen molar-refractivity contribution < 1.29 is 9.53 Å². The molecule has 1 aromatic rings. The number of carbonyl (C=O) groups excluding carboxylic acids is 1. The number of hydrogen-bond acceptors (Lipinski definition) is 3. The molecule has 5 heteroatoms. The molecule has 1 saturated heterocycles. The summed E-state index contributed by atoms with van der Waals surface area (Å²) < 4.78 is 6.25. The van der Waals surface area contributed by atoms with E-state index in [1.165, 1.54) is 0 Å². The van der Waals surface area contributed by atoms with E-state index in [2.05, 4.69) is 21.2 Å². The number of halogens is 1. The largest absolute Gasteiger partial charge is 0.381 e. The van der Waals surface area contributed by atoms with Crippen molar-refractivity contribution in [2.24, 2.45) is 11.7 Å². The quantitative estimate of drug-likeness (QED) is 0.886. The van der Waals surface area contributed by atoms with Gasteiger partial charge in [-0.1, -0.05) is 28.1 Å². The first-order valence-corrected chi connectivity index (χ1v) is 7.20. The van der Waals surface area contributed by atoms with Crippen LogP contribution in [0.5, 0.6) is 0 Å². The molecule has 0 bridgehead atoms. The second kappa shape index (κ2) is 6.03. The minimum atomic E-state index is -1.01. The summed E-state index contributed by atoms with van der Waals surface area (Å²) in [5.41, 5.74) is 5.95. The van der Waals surface area contributed by atoms with Crippen molar-refractivity contribution in [3.8, 4) is 0 Å². The zero-order valence-corrected chi connectivity index (χ0v) is 12.6. The number of rotatable bonds is 4. The van der Waals surface area contributed by atoms with Crippen molar-refractivity contribution >= 4 is 21.8 Å². The molecule has 19 heavy (non-hydrogen) atoms. The number of ether oxygens (including phenoxy) is 1. The van der Waals surface area contributed by atoms with Crippen LogP contribution in [0.3, 0.4) is 0 Å². The zero-order valence-electron chi connectivity index (χ0n) is 11.0. The summed E-state index contributed by atoms with van der Waals surface area (Å²) in [5, 5.41) is 2.92. The molecule has 0 radical (unpaired) electrons. The minimum absolute atomic E-state index is 0.151. The van der Waals surface area contributed by atoms with Gasteiger partial charge in [-0.05, 0) is 31.0 Å². The SMILES string of the molecule is CC(N)(C(=O)NCC1CCOC1)c1ccc(Br)cc1. The van der Waals surface area contributed by atoms with E-state index in [9.17, 15) is 4.79 Å². The maximum Gasteiger partial charge on any atom is 0.244 e. The highest BCUT2D eigenvalue weighted by atomic mass is 79.9. The summed E-state index contributed by atoms with van der Waals surface area (Å²) in [7, 11) is 0. The van der Waals surface area contributed by atoms with Crippen molar-refractivity contribution in [2.75, 3.05) is 19.8 Å². The van der Waals surface area contributed by atoms with Crippen LogP contribution in [0.4, 0.5) is 0 Å². The fraction of sp³-hybridized carbons (Fsp3) is 0.500. The second-order valence-corrected chi connectivity index (χ2v) is 6.06. The van der Waals surface area contributed by atoms with E-state index in [0.717, 1.165) is 29.7 Å². The van der Waals surface area contributed by atoms with Crippen molar-refractivity contribution in [1.82, 2.24) is 5.32 Å². The molecule has 1 aromatic carbocycles. The molecule has 0 aromatic heterocycles. The molecule has 2 rings (SSSR count). The molecule has 104 valence electrons. The molecule has 0 aliphatic carbocycles. The van der Waals surface area contributed by atoms with E-state index in [-0.39, 0.29) is 5.91 Å². The Bertz CT molecular complexity index is 439. The third kappa shape index (κ3) is 3.55. The highest BCUT2D eigenvalue weighted by Crippen LogP contribution is 2.21. The first kappa shape index (κ1) is 14.5. The van der Waals surface area contributed by atoms with Gasteiger partial charge >= 0.3 is 0 Å². The Labute approximate surface area is 121 Å². The molecule has 2 atom stereocenters. The average molecular weight is 327 g/mol. The van der Waals surface area contributed by atoms with Crippen LogP contribution in [0.25, 0.3) is 0 Å². The molecule has 4 nitrogen and oxygen atoms in total. The maximum atomic E-state index is 12.2. The van der Waals surface area contributed by atoms with Gasteiger partial charge in [0.1, 0.15) is 5.54 Å². The fourth-order valence-electron chi connectivity index (χ4n) is 2.09. The molecular weight excluding hydrogens is 308 g/mol. The van der Waals surface area contributed by atoms with E-state index < -0.39 is 5.54 Å². The van der Waals surface area contributed by atoms with Gasteiger partial charge in [0.05, 0.1) is 6.61 Å². The van der Waals surface area contributed by atoms with Gasteiger partial charge in [0, 0.05) is 23.5 Å². The van der Waals surface area contributed by atoms with E-state index in [0.29, 0.717) is 12.5 Å². The van der Waals surface area contributed by atoms with Gasteiger partial charge in [0.2, 0.25) is 5.91 Å². The van der Waals surface area contributed by atoms with Gasteiger partial charge in [-0.2, -0.15) is 0 Å². The smallest absolute Gasteiger partial charge is 0.244 e. The Morgan fingerprint density at radius 3 is 2.79 bits per heavy atom. The highest BCUT2D eigenvalue weighted by Gasteiger charge is 2.31. The van der Waals surface area contributed by atoms with Crippen molar-refractivity contribution in [2.45, 2.75) is 18.9 Å². The summed E-state index contributed by atoms with van der Waals surface area (Å²) in [6, 6.07) is 7.50. The van der Waals surface area contributed by atoms with Crippen molar-refractivity contribution in [3.05, 3.63) is 34.3 Å². The minimum Gasteiger partial charge on any atom is -0.381 e. The third-order valence-electron chi connectivity index (χ3n) is 3.49. The van der Waals surface area contributed by atoms with Crippen LogP contribution < -0.4 is 11.1 Å². The van der Waals surface area contributed by atoms with E-state index in [1.807, 2.05) is 24.3 Å². The molecular formula is C14H19BrN2O2. The third-order valence-corrected chi connectivity index (χ3v) is 4.02. The lowest BCUT2D eigenvalue weighted by Crippen LogP contribution is -2.50. The van der Waals surface area contributed by atoms with E-state index in [1.54, 1.807) is 6.92 Å². The second-order valence-electron chi connectivity index (χ2n) is 5.15. The standard InChI is InChI=1S/C14H19BrN2O2/c1-14(16,11-2-4-12(15)5-3-11)13(18)17-8-10-6-7-19-9-10/h2-5,10H,6-9,16H2,1H3,(H,17,18). The monoisotopic (exact) mass is 326 g/mol. The molecule has 1 heterocycles. The van der Waals surface area contributed by atoms with Gasteiger partial charge in [-0.25, -0.2) is 0 Å². The Kier molecular flexibility index (Phi) is 4.60. The molecule has 0 saturated carbocycles. The van der Waals surface area contributed by atoms with Crippen LogP contribution in [-0.2, 0) is 15.1 Å². The van der Waals surface area contributed by atoms with Crippen LogP contribution in [0.2, 0.25) is 0 Å². The Hall–Kier alpha value is -0.910. The van der Waals surface area contributed by atoms with Crippen LogP contribution in [0, 0.1) is 5.92 Å². The predicted octanol–water partition coefficient (Wildman–Crippen LogP) is 1.78. The highest BCUT2D eigenvalue weighted by molar-refractivity contribution is 9.10. The lowest BCUT2D eigenvalue weighted by atomic mass is 9.92. The first-order valence-electron chi connectivity index (χ1n) is 6.41. The number of benzene rings is 1. The molecule has 1 aliphatic rings. The van der Waals surface area contributed by atoms with Crippen LogP contribution >= 0.6 is 15.9 Å². The van der Waals surface area contributed by atoms with Gasteiger partial charge < -0.3 is 15.8 Å². The van der Waals surface area contributed by atoms with Crippen molar-refractivity contribution in [1.29, 1.82) is 0 Å². The number of nitrogens with one attached hydrogen (secondary N) is 1. The Balaban J connectivity index is 1.97. The van der Waals surface area contributed by atoms with Gasteiger partial charge in [0.15, 0.2) is 0 Å². The molecule has 1 aliphatic heterocycles. The Morgan fingerprint density at radius 1 is 1.53 bits per heavy atom. The summed E-state index contributed by atoms with van der Waals surface area (Å²) >= 11 is 3.37. The fourth-order valence-corrected chi connectivity index (χ4v) is 2.36. The molecule has 1 fully saturated rings. The lowest BCUT2D eigenvalue weighted by molar-refractivity contribution is -0.126. The summed E-state index contributed by atoms with van der Waals surface area (Å²) in [6.07, 6.45) is 1.000. The Morgan fingerprint density at radius 2 is 2.21 bits per heavy atom. The topological polar surface area (TPSA) is 64.4 Å². The average Bonchev–Trinajstić information content (AvgIpc) is 2.89. The number of nitrogens with two attached hydrogens (primary N) is 1.